The first-order valence-electron chi connectivity index (χ1n) is 5.88. The van der Waals surface area contributed by atoms with Gasteiger partial charge in [-0.3, -0.25) is 5.10 Å². The zero-order valence-corrected chi connectivity index (χ0v) is 11.0. The minimum Gasteiger partial charge on any atom is -0.495 e. The van der Waals surface area contributed by atoms with Crippen LogP contribution in [0.1, 0.15) is 0 Å². The highest BCUT2D eigenvalue weighted by molar-refractivity contribution is 5.81. The Balaban J connectivity index is 2.02. The summed E-state index contributed by atoms with van der Waals surface area (Å²) < 4.78 is 10.5. The second-order valence-corrected chi connectivity index (χ2v) is 3.94. The highest BCUT2D eigenvalue weighted by Gasteiger charge is 2.11. The van der Waals surface area contributed by atoms with Crippen LogP contribution in [0.25, 0.3) is 11.0 Å². The monoisotopic (exact) mass is 270 g/mol. The van der Waals surface area contributed by atoms with Crippen LogP contribution in [-0.4, -0.2) is 34.4 Å². The molecule has 1 aromatic carbocycles. The number of nitrogens with one attached hydrogen (secondary N) is 2. The second kappa shape index (κ2) is 5.04. The molecule has 0 aliphatic heterocycles. The zero-order valence-electron chi connectivity index (χ0n) is 11.0. The van der Waals surface area contributed by atoms with Crippen molar-refractivity contribution in [3.8, 4) is 11.6 Å². The third kappa shape index (κ3) is 2.09. The van der Waals surface area contributed by atoms with E-state index in [1.165, 1.54) is 0 Å². The van der Waals surface area contributed by atoms with E-state index in [-0.39, 0.29) is 0 Å². The largest absolute Gasteiger partial charge is 0.495 e. The molecule has 0 bridgehead atoms. The summed E-state index contributed by atoms with van der Waals surface area (Å²) in [5.41, 5.74) is 1.34. The van der Waals surface area contributed by atoms with Crippen molar-refractivity contribution in [3.63, 3.8) is 0 Å². The molecule has 0 unspecified atom stereocenters. The molecular formula is C13H12N5O2. The number of H-pyrrole nitrogens is 1. The molecule has 0 amide bonds. The summed E-state index contributed by atoms with van der Waals surface area (Å²) in [6.45, 7) is 0. The predicted octanol–water partition coefficient (Wildman–Crippen LogP) is 1.91. The Labute approximate surface area is 115 Å². The molecule has 3 aromatic rings. The molecule has 0 saturated carbocycles. The Morgan fingerprint density at radius 1 is 1.25 bits per heavy atom. The number of methoxy groups -OCH3 is 2. The van der Waals surface area contributed by atoms with E-state index in [4.69, 9.17) is 9.47 Å². The van der Waals surface area contributed by atoms with Gasteiger partial charge in [-0.2, -0.15) is 15.1 Å². The van der Waals surface area contributed by atoms with Gasteiger partial charge >= 0.3 is 0 Å². The first-order valence-corrected chi connectivity index (χ1v) is 5.88. The maximum atomic E-state index is 5.25. The van der Waals surface area contributed by atoms with Gasteiger partial charge in [0, 0.05) is 0 Å². The number of fused-ring (bicyclic) bond motifs is 1. The molecule has 0 aliphatic rings. The fourth-order valence-electron chi connectivity index (χ4n) is 1.83. The third-order valence-corrected chi connectivity index (χ3v) is 2.76. The van der Waals surface area contributed by atoms with Gasteiger partial charge in [-0.05, 0) is 18.2 Å². The molecule has 101 valence electrons. The first kappa shape index (κ1) is 12.2. The Kier molecular flexibility index (Phi) is 3.08. The SMILES string of the molecule is COc1c[c]ccc1Nc1nc(OC)c2cn[nH]c2n1. The van der Waals surface area contributed by atoms with Gasteiger partial charge in [0.2, 0.25) is 11.8 Å². The topological polar surface area (TPSA) is 85.0 Å². The Hall–Kier alpha value is -2.83. The maximum Gasteiger partial charge on any atom is 0.232 e. The highest BCUT2D eigenvalue weighted by Crippen LogP contribution is 2.28. The zero-order chi connectivity index (χ0) is 13.9. The Morgan fingerprint density at radius 3 is 2.95 bits per heavy atom. The van der Waals surface area contributed by atoms with E-state index in [2.05, 4.69) is 31.5 Å². The van der Waals surface area contributed by atoms with Crippen LogP contribution in [0, 0.1) is 6.07 Å². The van der Waals surface area contributed by atoms with E-state index >= 15 is 0 Å². The summed E-state index contributed by atoms with van der Waals surface area (Å²) in [6, 6.07) is 8.27. The van der Waals surface area contributed by atoms with Gasteiger partial charge in [0.25, 0.3) is 0 Å². The molecule has 0 atom stereocenters. The molecule has 2 N–H and O–H groups in total. The van der Waals surface area contributed by atoms with Crippen LogP contribution in [-0.2, 0) is 0 Å². The molecule has 2 heterocycles. The molecule has 0 saturated heterocycles. The van der Waals surface area contributed by atoms with Gasteiger partial charge in [-0.15, -0.1) is 0 Å². The summed E-state index contributed by atoms with van der Waals surface area (Å²) in [5.74, 6) is 1.50. The smallest absolute Gasteiger partial charge is 0.232 e. The van der Waals surface area contributed by atoms with Crippen molar-refractivity contribution in [2.24, 2.45) is 0 Å². The van der Waals surface area contributed by atoms with Crippen LogP contribution in [0.4, 0.5) is 11.6 Å². The minimum atomic E-state index is 0.392. The maximum absolute atomic E-state index is 5.25. The molecule has 0 fully saturated rings. The van der Waals surface area contributed by atoms with Crippen molar-refractivity contribution in [2.75, 3.05) is 19.5 Å². The number of hydrogen-bond donors (Lipinski definition) is 2. The van der Waals surface area contributed by atoms with Crippen molar-refractivity contribution in [1.82, 2.24) is 20.2 Å². The molecule has 7 nitrogen and oxygen atoms in total. The summed E-state index contributed by atoms with van der Waals surface area (Å²) in [5, 5.41) is 10.5. The van der Waals surface area contributed by atoms with Crippen molar-refractivity contribution in [3.05, 3.63) is 30.5 Å². The molecule has 0 aliphatic carbocycles. The molecule has 1 radical (unpaired) electrons. The molecule has 20 heavy (non-hydrogen) atoms. The van der Waals surface area contributed by atoms with Gasteiger partial charge < -0.3 is 14.8 Å². The molecule has 0 spiro atoms. The second-order valence-electron chi connectivity index (χ2n) is 3.94. The predicted molar refractivity (Wildman–Crippen MR) is 73.3 cm³/mol. The van der Waals surface area contributed by atoms with Gasteiger partial charge in [0.05, 0.1) is 26.1 Å². The van der Waals surface area contributed by atoms with Gasteiger partial charge in [-0.25, -0.2) is 0 Å². The number of nitrogens with zero attached hydrogens (tertiary/aromatic N) is 3. The number of hydrogen-bond acceptors (Lipinski definition) is 6. The quantitative estimate of drug-likeness (QED) is 0.753. The number of aromatic amines is 1. The molecule has 3 rings (SSSR count). The fraction of sp³-hybridized carbons (Fsp3) is 0.154. The summed E-state index contributed by atoms with van der Waals surface area (Å²) in [4.78, 5) is 8.62. The first-order chi connectivity index (χ1) is 9.81. The van der Waals surface area contributed by atoms with Crippen molar-refractivity contribution >= 4 is 22.7 Å². The lowest BCUT2D eigenvalue weighted by Crippen LogP contribution is -2.01. The van der Waals surface area contributed by atoms with Gasteiger partial charge in [0.15, 0.2) is 5.65 Å². The number of benzene rings is 1. The lowest BCUT2D eigenvalue weighted by atomic mass is 10.3. The third-order valence-electron chi connectivity index (χ3n) is 2.76. The number of rotatable bonds is 4. The van der Waals surface area contributed by atoms with E-state index in [1.807, 2.05) is 6.07 Å². The summed E-state index contributed by atoms with van der Waals surface area (Å²) >= 11 is 0. The van der Waals surface area contributed by atoms with E-state index in [0.29, 0.717) is 23.2 Å². The van der Waals surface area contributed by atoms with E-state index in [0.717, 1.165) is 11.1 Å². The van der Waals surface area contributed by atoms with Crippen molar-refractivity contribution < 1.29 is 9.47 Å². The molecule has 2 aromatic heterocycles. The van der Waals surface area contributed by atoms with Crippen LogP contribution in [0.15, 0.2) is 24.4 Å². The standard InChI is InChI=1S/C13H12N5O2/c1-19-10-6-4-3-5-9(10)15-13-16-11-8(7-14-18-11)12(17-13)20-2/h3,5-7H,1-2H3,(H2,14,15,16,17,18). The van der Waals surface area contributed by atoms with Crippen LogP contribution in [0.2, 0.25) is 0 Å². The number of ether oxygens (including phenoxy) is 2. The average Bonchev–Trinajstić information content (AvgIpc) is 2.95. The van der Waals surface area contributed by atoms with Gasteiger partial charge in [-0.1, -0.05) is 6.07 Å². The summed E-state index contributed by atoms with van der Waals surface area (Å²) in [7, 11) is 3.14. The lowest BCUT2D eigenvalue weighted by Gasteiger charge is -2.10. The van der Waals surface area contributed by atoms with Crippen molar-refractivity contribution in [2.45, 2.75) is 0 Å². The molecular weight excluding hydrogens is 258 g/mol. The average molecular weight is 270 g/mol. The van der Waals surface area contributed by atoms with Crippen LogP contribution in [0.3, 0.4) is 0 Å². The Bertz CT molecular complexity index is 740. The Morgan fingerprint density at radius 2 is 2.15 bits per heavy atom. The normalized spacial score (nSPS) is 10.5. The number of aromatic nitrogens is 4. The lowest BCUT2D eigenvalue weighted by molar-refractivity contribution is 0.403. The van der Waals surface area contributed by atoms with Crippen LogP contribution < -0.4 is 14.8 Å². The minimum absolute atomic E-state index is 0.392. The summed E-state index contributed by atoms with van der Waals surface area (Å²) in [6.07, 6.45) is 1.62. The highest BCUT2D eigenvalue weighted by atomic mass is 16.5. The van der Waals surface area contributed by atoms with Crippen LogP contribution in [0.5, 0.6) is 11.6 Å². The molecule has 7 heteroatoms. The van der Waals surface area contributed by atoms with E-state index in [9.17, 15) is 0 Å². The van der Waals surface area contributed by atoms with E-state index in [1.54, 1.807) is 32.5 Å². The van der Waals surface area contributed by atoms with Gasteiger partial charge in [0.1, 0.15) is 11.1 Å². The fourth-order valence-corrected chi connectivity index (χ4v) is 1.83. The number of anilines is 2. The van der Waals surface area contributed by atoms with Crippen molar-refractivity contribution in [1.29, 1.82) is 0 Å². The van der Waals surface area contributed by atoms with E-state index < -0.39 is 0 Å². The van der Waals surface area contributed by atoms with Crippen LogP contribution >= 0.6 is 0 Å².